The Morgan fingerprint density at radius 3 is 2.36 bits per heavy atom. The van der Waals surface area contributed by atoms with E-state index >= 15 is 0 Å². The van der Waals surface area contributed by atoms with Crippen LogP contribution in [0.3, 0.4) is 0 Å². The quantitative estimate of drug-likeness (QED) is 0.452. The monoisotopic (exact) mass is 529 g/mol. The van der Waals surface area contributed by atoms with Gasteiger partial charge in [-0.1, -0.05) is 23.7 Å². The van der Waals surface area contributed by atoms with E-state index in [-0.39, 0.29) is 17.7 Å². The first kappa shape index (κ1) is 25.8. The largest absolute Gasteiger partial charge is 0.493 e. The fourth-order valence-corrected chi connectivity index (χ4v) is 5.32. The van der Waals surface area contributed by atoms with Gasteiger partial charge in [-0.2, -0.15) is 0 Å². The highest BCUT2D eigenvalue weighted by molar-refractivity contribution is 7.09. The number of methoxy groups -OCH3 is 3. The molecule has 1 fully saturated rings. The normalized spacial score (nSPS) is 13.8. The van der Waals surface area contributed by atoms with Crippen LogP contribution in [0.15, 0.2) is 41.8 Å². The van der Waals surface area contributed by atoms with Crippen LogP contribution in [0.2, 0.25) is 5.02 Å². The van der Waals surface area contributed by atoms with Gasteiger partial charge in [0, 0.05) is 36.0 Å². The molecule has 8 nitrogen and oxygen atoms in total. The smallest absolute Gasteiger partial charge is 0.271 e. The number of amides is 2. The van der Waals surface area contributed by atoms with Crippen molar-refractivity contribution in [2.24, 2.45) is 0 Å². The molecule has 1 N–H and O–H groups in total. The number of carbonyl (C=O) groups is 2. The van der Waals surface area contributed by atoms with Crippen LogP contribution < -0.4 is 19.5 Å². The van der Waals surface area contributed by atoms with Crippen molar-refractivity contribution in [2.75, 3.05) is 34.4 Å². The maximum absolute atomic E-state index is 13.3. The molecule has 2 amide bonds. The molecule has 1 saturated heterocycles. The van der Waals surface area contributed by atoms with Crippen LogP contribution >= 0.6 is 22.9 Å². The molecule has 2 aromatic carbocycles. The third kappa shape index (κ3) is 5.57. The molecule has 0 aliphatic carbocycles. The Labute approximate surface area is 219 Å². The van der Waals surface area contributed by atoms with E-state index in [1.807, 2.05) is 17.0 Å². The van der Waals surface area contributed by atoms with Crippen molar-refractivity contribution in [3.8, 4) is 17.2 Å². The number of piperidine rings is 1. The zero-order chi connectivity index (χ0) is 25.7. The fraction of sp³-hybridized carbons (Fsp3) is 0.346. The fourth-order valence-electron chi connectivity index (χ4n) is 4.22. The molecule has 0 saturated carbocycles. The van der Waals surface area contributed by atoms with Crippen LogP contribution in [0.5, 0.6) is 17.2 Å². The van der Waals surface area contributed by atoms with E-state index in [0.29, 0.717) is 53.2 Å². The number of thiazole rings is 1. The first-order valence-corrected chi connectivity index (χ1v) is 12.8. The summed E-state index contributed by atoms with van der Waals surface area (Å²) in [6.45, 7) is 1.57. The molecule has 1 aliphatic heterocycles. The van der Waals surface area contributed by atoms with Gasteiger partial charge in [0.25, 0.3) is 11.8 Å². The number of benzene rings is 2. The lowest BCUT2D eigenvalue weighted by atomic mass is 9.97. The number of rotatable bonds is 8. The summed E-state index contributed by atoms with van der Waals surface area (Å²) in [7, 11) is 4.56. The Morgan fingerprint density at radius 1 is 1.03 bits per heavy atom. The van der Waals surface area contributed by atoms with Crippen molar-refractivity contribution in [3.63, 3.8) is 0 Å². The summed E-state index contributed by atoms with van der Waals surface area (Å²) in [5.41, 5.74) is 1.81. The number of likely N-dealkylation sites (tertiary alicyclic amines) is 1. The van der Waals surface area contributed by atoms with E-state index in [2.05, 4.69) is 10.3 Å². The van der Waals surface area contributed by atoms with Crippen LogP contribution in [-0.2, 0) is 6.54 Å². The van der Waals surface area contributed by atoms with E-state index in [4.69, 9.17) is 25.8 Å². The summed E-state index contributed by atoms with van der Waals surface area (Å²) < 4.78 is 16.2. The molecule has 1 aromatic heterocycles. The Morgan fingerprint density at radius 2 is 1.72 bits per heavy atom. The van der Waals surface area contributed by atoms with Crippen molar-refractivity contribution in [2.45, 2.75) is 25.3 Å². The maximum Gasteiger partial charge on any atom is 0.271 e. The summed E-state index contributed by atoms with van der Waals surface area (Å²) in [5.74, 6) is 1.13. The summed E-state index contributed by atoms with van der Waals surface area (Å²) in [6.07, 6.45) is 1.53. The number of carbonyl (C=O) groups excluding carboxylic acids is 2. The van der Waals surface area contributed by atoms with Crippen LogP contribution in [0.4, 0.5) is 0 Å². The van der Waals surface area contributed by atoms with Gasteiger partial charge in [-0.15, -0.1) is 11.3 Å². The van der Waals surface area contributed by atoms with Gasteiger partial charge in [0.15, 0.2) is 11.5 Å². The van der Waals surface area contributed by atoms with Gasteiger partial charge in [0.05, 0.1) is 31.9 Å². The van der Waals surface area contributed by atoms with Crippen LogP contribution in [0.25, 0.3) is 0 Å². The van der Waals surface area contributed by atoms with Crippen molar-refractivity contribution >= 4 is 34.8 Å². The zero-order valence-corrected chi connectivity index (χ0v) is 21.9. The Kier molecular flexibility index (Phi) is 8.32. The van der Waals surface area contributed by atoms with Crippen molar-refractivity contribution < 1.29 is 23.8 Å². The van der Waals surface area contributed by atoms with E-state index in [1.54, 1.807) is 29.6 Å². The van der Waals surface area contributed by atoms with E-state index in [9.17, 15) is 9.59 Å². The third-order valence-electron chi connectivity index (χ3n) is 6.19. The SMILES string of the molecule is COc1ccc(C(=O)N2CCC(c3nc(C(=O)NCc4ccc(Cl)cc4)cs3)CC2)c(OC)c1OC. The van der Waals surface area contributed by atoms with Gasteiger partial charge in [-0.05, 0) is 42.7 Å². The Hall–Kier alpha value is -3.30. The second-order valence-corrected chi connectivity index (χ2v) is 9.65. The number of nitrogens with one attached hydrogen (secondary N) is 1. The minimum absolute atomic E-state index is 0.118. The molecule has 0 bridgehead atoms. The van der Waals surface area contributed by atoms with Gasteiger partial charge >= 0.3 is 0 Å². The van der Waals surface area contributed by atoms with Crippen LogP contribution in [0, 0.1) is 0 Å². The topological polar surface area (TPSA) is 90.0 Å². The molecule has 0 atom stereocenters. The molecule has 3 aromatic rings. The highest BCUT2D eigenvalue weighted by Crippen LogP contribution is 2.40. The van der Waals surface area contributed by atoms with Crippen LogP contribution in [0.1, 0.15) is 50.2 Å². The Bertz CT molecular complexity index is 1220. The lowest BCUT2D eigenvalue weighted by Crippen LogP contribution is -2.38. The number of hydrogen-bond acceptors (Lipinski definition) is 7. The molecular weight excluding hydrogens is 502 g/mol. The third-order valence-corrected chi connectivity index (χ3v) is 7.45. The number of aromatic nitrogens is 1. The van der Waals surface area contributed by atoms with E-state index < -0.39 is 0 Å². The number of ether oxygens (including phenoxy) is 3. The van der Waals surface area contributed by atoms with E-state index in [0.717, 1.165) is 23.4 Å². The van der Waals surface area contributed by atoms with Crippen molar-refractivity contribution in [3.05, 3.63) is 68.6 Å². The standard InChI is InChI=1S/C26H28ClN3O5S/c1-33-21-9-8-19(22(34-2)23(21)35-3)26(32)30-12-10-17(11-13-30)25-29-20(15-36-25)24(31)28-14-16-4-6-18(27)7-5-16/h4-9,15,17H,10-14H2,1-3H3,(H,28,31). The average Bonchev–Trinajstić information content (AvgIpc) is 3.42. The van der Waals surface area contributed by atoms with Gasteiger partial charge in [0.2, 0.25) is 5.75 Å². The minimum Gasteiger partial charge on any atom is -0.493 e. The molecule has 190 valence electrons. The molecule has 4 rings (SSSR count). The molecule has 36 heavy (non-hydrogen) atoms. The molecule has 10 heteroatoms. The predicted octanol–water partition coefficient (Wildman–Crippen LogP) is 4.77. The maximum atomic E-state index is 13.3. The second kappa shape index (κ2) is 11.6. The molecule has 2 heterocycles. The minimum atomic E-state index is -0.208. The number of halogens is 1. The zero-order valence-electron chi connectivity index (χ0n) is 20.4. The second-order valence-electron chi connectivity index (χ2n) is 8.33. The van der Waals surface area contributed by atoms with Gasteiger partial charge < -0.3 is 24.4 Å². The highest BCUT2D eigenvalue weighted by Gasteiger charge is 2.29. The summed E-state index contributed by atoms with van der Waals surface area (Å²) in [5, 5.41) is 6.26. The van der Waals surface area contributed by atoms with Gasteiger partial charge in [-0.25, -0.2) is 4.98 Å². The van der Waals surface area contributed by atoms with Crippen molar-refractivity contribution in [1.29, 1.82) is 0 Å². The highest BCUT2D eigenvalue weighted by atomic mass is 35.5. The summed E-state index contributed by atoms with van der Waals surface area (Å²) >= 11 is 7.39. The summed E-state index contributed by atoms with van der Waals surface area (Å²) in [4.78, 5) is 32.2. The molecule has 0 unspecified atom stereocenters. The van der Waals surface area contributed by atoms with Gasteiger partial charge in [-0.3, -0.25) is 9.59 Å². The lowest BCUT2D eigenvalue weighted by Gasteiger charge is -2.31. The Balaban J connectivity index is 1.36. The molecule has 1 aliphatic rings. The number of hydrogen-bond donors (Lipinski definition) is 1. The lowest BCUT2D eigenvalue weighted by molar-refractivity contribution is 0.0708. The van der Waals surface area contributed by atoms with Crippen LogP contribution in [-0.4, -0.2) is 56.1 Å². The van der Waals surface area contributed by atoms with E-state index in [1.165, 1.54) is 32.7 Å². The first-order chi connectivity index (χ1) is 17.4. The summed E-state index contributed by atoms with van der Waals surface area (Å²) in [6, 6.07) is 10.7. The van der Waals surface area contributed by atoms with Gasteiger partial charge in [0.1, 0.15) is 5.69 Å². The van der Waals surface area contributed by atoms with Crippen molar-refractivity contribution in [1.82, 2.24) is 15.2 Å². The number of nitrogens with zero attached hydrogens (tertiary/aromatic N) is 2. The molecule has 0 spiro atoms. The molecular formula is C26H28ClN3O5S. The average molecular weight is 530 g/mol. The first-order valence-electron chi connectivity index (χ1n) is 11.5. The predicted molar refractivity (Wildman–Crippen MR) is 139 cm³/mol. The molecule has 0 radical (unpaired) electrons.